The van der Waals surface area contributed by atoms with Crippen LogP contribution in [-0.4, -0.2) is 27.6 Å². The van der Waals surface area contributed by atoms with E-state index in [1.54, 1.807) is 0 Å². The van der Waals surface area contributed by atoms with Gasteiger partial charge in [-0.05, 0) is 10.3 Å². The minimum atomic E-state index is -1.82. The number of carbonyl (C=O) groups excluding carboxylic acids is 1. The highest BCUT2D eigenvalue weighted by Gasteiger charge is 2.10. The molecule has 0 aliphatic carbocycles. The molecule has 3 N–H and O–H groups in total. The summed E-state index contributed by atoms with van der Waals surface area (Å²) in [6.07, 6.45) is 0. The first kappa shape index (κ1) is 11.6. The van der Waals surface area contributed by atoms with Gasteiger partial charge in [0.25, 0.3) is 0 Å². The molecule has 0 aromatic rings. The summed E-state index contributed by atoms with van der Waals surface area (Å²) in [4.78, 5) is 21.5. The van der Waals surface area contributed by atoms with Crippen LogP contribution >= 0.6 is 0 Å². The highest BCUT2D eigenvalue weighted by molar-refractivity contribution is 6.28. The van der Waals surface area contributed by atoms with Gasteiger partial charge in [-0.15, -0.1) is 0 Å². The van der Waals surface area contributed by atoms with Crippen molar-refractivity contribution in [1.82, 2.24) is 0 Å². The van der Waals surface area contributed by atoms with Gasteiger partial charge in [-0.3, -0.25) is 4.89 Å². The molecular weight excluding hydrogens is 152 g/mol. The normalized spacial score (nSPS) is 7.10. The zero-order valence-electron chi connectivity index (χ0n) is 4.38. The molecule has 0 heterocycles. The smallest absolute Gasteiger partial charge is 0.449 e. The Labute approximate surface area is 53.6 Å². The summed E-state index contributed by atoms with van der Waals surface area (Å²) in [7, 11) is 0. The second-order valence-corrected chi connectivity index (χ2v) is 0.758. The number of carboxylic acid groups (broad SMARTS) is 1. The van der Waals surface area contributed by atoms with Crippen molar-refractivity contribution in [3.05, 3.63) is 0 Å². The molecule has 8 nitrogen and oxygen atoms in total. The van der Waals surface area contributed by atoms with E-state index in [9.17, 15) is 9.59 Å². The number of carboxylic acids is 1. The van der Waals surface area contributed by atoms with E-state index in [1.165, 1.54) is 0 Å². The van der Waals surface area contributed by atoms with Gasteiger partial charge in [-0.2, -0.15) is 5.26 Å². The van der Waals surface area contributed by atoms with Crippen molar-refractivity contribution in [2.45, 2.75) is 0 Å². The molecule has 0 aliphatic rings. The van der Waals surface area contributed by atoms with Crippen molar-refractivity contribution in [2.75, 3.05) is 0 Å². The lowest BCUT2D eigenvalue weighted by molar-refractivity contribution is -0.505. The van der Waals surface area contributed by atoms with E-state index < -0.39 is 11.9 Å². The first-order chi connectivity index (χ1) is 4.59. The summed E-state index contributed by atoms with van der Waals surface area (Å²) in [5, 5.41) is 31.3. The average Bonchev–Trinajstić information content (AvgIpc) is 1.88. The van der Waals surface area contributed by atoms with Crippen molar-refractivity contribution >= 4 is 11.9 Å². The topological polar surface area (TPSA) is 133 Å². The Hall–Kier alpha value is -1.22. The number of hydrogen-bond donors (Lipinski definition) is 3. The summed E-state index contributed by atoms with van der Waals surface area (Å²) in [5.41, 5.74) is 0. The second kappa shape index (κ2) is 7.78. The van der Waals surface area contributed by atoms with Gasteiger partial charge in [0.2, 0.25) is 0 Å². The maximum absolute atomic E-state index is 9.44. The van der Waals surface area contributed by atoms with Crippen LogP contribution in [0.3, 0.4) is 0 Å². The molecule has 0 aliphatic heterocycles. The standard InChI is InChI=1S/C2H2O5.HO3/c3-1(4)2(5)7-6;1-3-2/h6H,(H,3,4);1H. The molecule has 0 saturated heterocycles. The molecular formula is C2H3O8. The van der Waals surface area contributed by atoms with Gasteiger partial charge >= 0.3 is 11.9 Å². The highest BCUT2D eigenvalue weighted by Crippen LogP contribution is 1.67. The van der Waals surface area contributed by atoms with Crippen LogP contribution < -0.4 is 0 Å². The Morgan fingerprint density at radius 1 is 1.20 bits per heavy atom. The van der Waals surface area contributed by atoms with Gasteiger partial charge < -0.3 is 5.11 Å². The lowest BCUT2D eigenvalue weighted by Gasteiger charge is -1.82. The number of hydrogen-bond acceptors (Lipinski definition) is 6. The van der Waals surface area contributed by atoms with Crippen LogP contribution in [0.2, 0.25) is 0 Å². The molecule has 0 amide bonds. The zero-order valence-corrected chi connectivity index (χ0v) is 4.38. The lowest BCUT2D eigenvalue weighted by Crippen LogP contribution is -2.13. The summed E-state index contributed by atoms with van der Waals surface area (Å²) < 4.78 is 0. The molecule has 0 unspecified atom stereocenters. The summed E-state index contributed by atoms with van der Waals surface area (Å²) in [6, 6.07) is 0. The van der Waals surface area contributed by atoms with E-state index in [4.69, 9.17) is 20.9 Å². The van der Waals surface area contributed by atoms with Crippen LogP contribution in [-0.2, 0) is 24.8 Å². The number of aliphatic carboxylic acids is 1. The van der Waals surface area contributed by atoms with Crippen molar-refractivity contribution in [1.29, 1.82) is 0 Å². The van der Waals surface area contributed by atoms with E-state index in [-0.39, 0.29) is 0 Å². The van der Waals surface area contributed by atoms with Gasteiger partial charge in [0.05, 0.1) is 0 Å². The van der Waals surface area contributed by atoms with Gasteiger partial charge in [-0.1, -0.05) is 0 Å². The molecule has 59 valence electrons. The summed E-state index contributed by atoms with van der Waals surface area (Å²) in [5.74, 6) is -3.50. The molecule has 0 rings (SSSR count). The van der Waals surface area contributed by atoms with Crippen molar-refractivity contribution in [2.24, 2.45) is 0 Å². The summed E-state index contributed by atoms with van der Waals surface area (Å²) in [6.45, 7) is 0. The van der Waals surface area contributed by atoms with Crippen LogP contribution in [0.15, 0.2) is 0 Å². The zero-order chi connectivity index (χ0) is 8.57. The molecule has 0 aromatic heterocycles. The Balaban J connectivity index is 0. The summed E-state index contributed by atoms with van der Waals surface area (Å²) >= 11 is 0. The average molecular weight is 155 g/mol. The molecule has 0 saturated carbocycles. The van der Waals surface area contributed by atoms with Crippen molar-refractivity contribution in [3.63, 3.8) is 0 Å². The van der Waals surface area contributed by atoms with E-state index >= 15 is 0 Å². The molecule has 0 atom stereocenters. The predicted octanol–water partition coefficient (Wildman–Crippen LogP) is -1.09. The van der Waals surface area contributed by atoms with Crippen molar-refractivity contribution < 1.29 is 40.4 Å². The minimum absolute atomic E-state index is 1.68. The predicted molar refractivity (Wildman–Crippen MR) is 20.8 cm³/mol. The molecule has 10 heavy (non-hydrogen) atoms. The molecule has 0 spiro atoms. The Bertz CT molecular complexity index is 106. The Morgan fingerprint density at radius 2 is 1.50 bits per heavy atom. The first-order valence-electron chi connectivity index (χ1n) is 1.62. The van der Waals surface area contributed by atoms with E-state index in [2.05, 4.69) is 4.89 Å². The van der Waals surface area contributed by atoms with Gasteiger partial charge in [0.15, 0.2) is 0 Å². The monoisotopic (exact) mass is 155 g/mol. The van der Waals surface area contributed by atoms with Crippen LogP contribution in [0.4, 0.5) is 0 Å². The van der Waals surface area contributed by atoms with Crippen LogP contribution in [0, 0.1) is 0 Å². The van der Waals surface area contributed by atoms with Gasteiger partial charge in [0, 0.05) is 0 Å². The quantitative estimate of drug-likeness (QED) is 0.230. The van der Waals surface area contributed by atoms with E-state index in [0.717, 1.165) is 0 Å². The fourth-order valence-electron chi connectivity index (χ4n) is 0.0390. The van der Waals surface area contributed by atoms with Crippen molar-refractivity contribution in [3.8, 4) is 0 Å². The molecule has 1 radical (unpaired) electrons. The minimum Gasteiger partial charge on any atom is -0.473 e. The number of rotatable bonds is 0. The maximum atomic E-state index is 9.44. The third-order valence-corrected chi connectivity index (χ3v) is 0.258. The number of carbonyl (C=O) groups is 2. The van der Waals surface area contributed by atoms with Crippen LogP contribution in [0.1, 0.15) is 0 Å². The van der Waals surface area contributed by atoms with E-state index in [0.29, 0.717) is 0 Å². The molecule has 0 aromatic carbocycles. The fourth-order valence-corrected chi connectivity index (χ4v) is 0.0390. The third-order valence-electron chi connectivity index (χ3n) is 0.258. The lowest BCUT2D eigenvalue weighted by atomic mass is 10.7. The molecule has 0 bridgehead atoms. The SMILES string of the molecule is O=C(O)C(=O)OO.[O]OO. The van der Waals surface area contributed by atoms with E-state index in [1.807, 2.05) is 5.04 Å². The Kier molecular flexibility index (Phi) is 8.99. The highest BCUT2D eigenvalue weighted by atomic mass is 17.4. The van der Waals surface area contributed by atoms with Crippen LogP contribution in [0.5, 0.6) is 0 Å². The second-order valence-electron chi connectivity index (χ2n) is 0.758. The first-order valence-corrected chi connectivity index (χ1v) is 1.62. The maximum Gasteiger partial charge on any atom is 0.449 e. The third kappa shape index (κ3) is 9.91. The fraction of sp³-hybridized carbons (Fsp3) is 0. The molecule has 8 heteroatoms. The largest absolute Gasteiger partial charge is 0.473 e. The van der Waals surface area contributed by atoms with Gasteiger partial charge in [-0.25, -0.2) is 14.8 Å². The molecule has 0 fully saturated rings. The van der Waals surface area contributed by atoms with Gasteiger partial charge in [0.1, 0.15) is 0 Å². The Morgan fingerprint density at radius 3 is 1.50 bits per heavy atom. The van der Waals surface area contributed by atoms with Crippen LogP contribution in [0.25, 0.3) is 0 Å².